The molecule has 3 aromatic rings. The highest BCUT2D eigenvalue weighted by molar-refractivity contribution is 5.94. The third-order valence-electron chi connectivity index (χ3n) is 3.09. The minimum atomic E-state index is -1.07. The topological polar surface area (TPSA) is 54.6 Å². The number of aromatic carboxylic acids is 1. The van der Waals surface area contributed by atoms with Crippen molar-refractivity contribution in [2.24, 2.45) is 0 Å². The summed E-state index contributed by atoms with van der Waals surface area (Å²) in [5.74, 6) is -1.44. The van der Waals surface area contributed by atoms with E-state index >= 15 is 0 Å². The largest absolute Gasteiger partial charge is 0.476 e. The highest BCUT2D eigenvalue weighted by atomic mass is 19.1. The number of imidazole rings is 1. The molecule has 0 amide bonds. The monoisotopic (exact) mass is 270 g/mol. The molecule has 0 aliphatic carbocycles. The molecule has 2 heterocycles. The number of carbonyl (C=O) groups is 1. The number of carboxylic acids is 1. The molecule has 0 spiro atoms. The van der Waals surface area contributed by atoms with Crippen LogP contribution in [0.15, 0.2) is 42.6 Å². The van der Waals surface area contributed by atoms with Crippen molar-refractivity contribution in [2.75, 3.05) is 0 Å². The van der Waals surface area contributed by atoms with E-state index in [9.17, 15) is 14.3 Å². The smallest absolute Gasteiger partial charge is 0.355 e. The predicted octanol–water partition coefficient (Wildman–Crippen LogP) is 3.15. The first-order chi connectivity index (χ1) is 9.56. The summed E-state index contributed by atoms with van der Waals surface area (Å²) in [7, 11) is 0. The molecule has 0 bridgehead atoms. The standard InChI is InChI=1S/C15H11FN2O2/c1-9-2-7-12-17-13(10-3-5-11(16)6-4-10)14(15(19)20)18(12)8-9/h2-8H,1H3,(H,19,20). The lowest BCUT2D eigenvalue weighted by Crippen LogP contribution is -2.03. The molecule has 0 aliphatic heterocycles. The molecule has 3 rings (SSSR count). The molecule has 2 aromatic heterocycles. The van der Waals surface area contributed by atoms with Gasteiger partial charge < -0.3 is 5.11 Å². The second-order valence-corrected chi connectivity index (χ2v) is 4.56. The molecule has 1 aromatic carbocycles. The first kappa shape index (κ1) is 12.3. The summed E-state index contributed by atoms with van der Waals surface area (Å²) in [6.45, 7) is 1.88. The Hall–Kier alpha value is -2.69. The molecule has 0 aliphatic rings. The maximum Gasteiger partial charge on any atom is 0.355 e. The minimum Gasteiger partial charge on any atom is -0.476 e. The Kier molecular flexibility index (Phi) is 2.75. The third kappa shape index (κ3) is 1.93. The maximum absolute atomic E-state index is 13.0. The van der Waals surface area contributed by atoms with Gasteiger partial charge in [0.1, 0.15) is 17.2 Å². The van der Waals surface area contributed by atoms with Crippen molar-refractivity contribution in [3.8, 4) is 11.3 Å². The normalized spacial score (nSPS) is 10.9. The average Bonchev–Trinajstić information content (AvgIpc) is 2.78. The Balaban J connectivity index is 2.32. The molecule has 4 nitrogen and oxygen atoms in total. The molecule has 100 valence electrons. The zero-order valence-corrected chi connectivity index (χ0v) is 10.7. The van der Waals surface area contributed by atoms with Gasteiger partial charge in [-0.2, -0.15) is 0 Å². The lowest BCUT2D eigenvalue weighted by atomic mass is 10.1. The Bertz CT molecular complexity index is 807. The van der Waals surface area contributed by atoms with E-state index in [1.807, 2.05) is 13.0 Å². The van der Waals surface area contributed by atoms with Crippen LogP contribution >= 0.6 is 0 Å². The van der Waals surface area contributed by atoms with Crippen LogP contribution in [0.1, 0.15) is 16.1 Å². The van der Waals surface area contributed by atoms with Crippen molar-refractivity contribution in [2.45, 2.75) is 6.92 Å². The van der Waals surface area contributed by atoms with E-state index in [0.717, 1.165) is 5.56 Å². The second kappa shape index (κ2) is 4.45. The molecule has 20 heavy (non-hydrogen) atoms. The van der Waals surface area contributed by atoms with Gasteiger partial charge in [0.2, 0.25) is 0 Å². The third-order valence-corrected chi connectivity index (χ3v) is 3.09. The van der Waals surface area contributed by atoms with Crippen LogP contribution in [0.2, 0.25) is 0 Å². The molecule has 0 atom stereocenters. The number of halogens is 1. The zero-order valence-electron chi connectivity index (χ0n) is 10.7. The van der Waals surface area contributed by atoms with Crippen LogP contribution in [0.4, 0.5) is 4.39 Å². The lowest BCUT2D eigenvalue weighted by molar-refractivity contribution is 0.0690. The minimum absolute atomic E-state index is 0.0790. The molecule has 0 saturated carbocycles. The van der Waals surface area contributed by atoms with Crippen molar-refractivity contribution < 1.29 is 14.3 Å². The van der Waals surface area contributed by atoms with Gasteiger partial charge in [0.05, 0.1) is 0 Å². The van der Waals surface area contributed by atoms with E-state index in [1.54, 1.807) is 12.3 Å². The predicted molar refractivity (Wildman–Crippen MR) is 72.3 cm³/mol. The Morgan fingerprint density at radius 1 is 1.20 bits per heavy atom. The van der Waals surface area contributed by atoms with Crippen LogP contribution < -0.4 is 0 Å². The number of carboxylic acid groups (broad SMARTS) is 1. The molecular formula is C15H11FN2O2. The van der Waals surface area contributed by atoms with Crippen LogP contribution in [-0.4, -0.2) is 20.5 Å². The summed E-state index contributed by atoms with van der Waals surface area (Å²) in [6, 6.07) is 9.25. The number of fused-ring (bicyclic) bond motifs is 1. The van der Waals surface area contributed by atoms with Gasteiger partial charge in [-0.05, 0) is 42.8 Å². The molecule has 1 N–H and O–H groups in total. The Labute approximate surface area is 114 Å². The van der Waals surface area contributed by atoms with Gasteiger partial charge >= 0.3 is 5.97 Å². The van der Waals surface area contributed by atoms with E-state index in [1.165, 1.54) is 28.7 Å². The van der Waals surface area contributed by atoms with E-state index < -0.39 is 5.97 Å². The van der Waals surface area contributed by atoms with Crippen LogP contribution in [0.5, 0.6) is 0 Å². The Morgan fingerprint density at radius 3 is 2.55 bits per heavy atom. The molecule has 0 fully saturated rings. The van der Waals surface area contributed by atoms with Gasteiger partial charge in [-0.25, -0.2) is 14.2 Å². The molecule has 0 unspecified atom stereocenters. The van der Waals surface area contributed by atoms with E-state index in [4.69, 9.17) is 0 Å². The van der Waals surface area contributed by atoms with Crippen LogP contribution in [-0.2, 0) is 0 Å². The van der Waals surface area contributed by atoms with Crippen molar-refractivity contribution in [3.63, 3.8) is 0 Å². The van der Waals surface area contributed by atoms with Gasteiger partial charge in [0.25, 0.3) is 0 Å². The Morgan fingerprint density at radius 2 is 1.90 bits per heavy atom. The second-order valence-electron chi connectivity index (χ2n) is 4.56. The molecule has 0 saturated heterocycles. The highest BCUT2D eigenvalue weighted by Gasteiger charge is 2.19. The fourth-order valence-corrected chi connectivity index (χ4v) is 2.16. The number of aryl methyl sites for hydroxylation is 1. The summed E-state index contributed by atoms with van der Waals surface area (Å²) >= 11 is 0. The summed E-state index contributed by atoms with van der Waals surface area (Å²) in [5, 5.41) is 9.42. The number of nitrogens with zero attached hydrogens (tertiary/aromatic N) is 2. The van der Waals surface area contributed by atoms with Gasteiger partial charge in [-0.15, -0.1) is 0 Å². The summed E-state index contributed by atoms with van der Waals surface area (Å²) < 4.78 is 14.5. The molecule has 5 heteroatoms. The number of benzene rings is 1. The number of rotatable bonds is 2. The van der Waals surface area contributed by atoms with Crippen LogP contribution in [0.25, 0.3) is 16.9 Å². The van der Waals surface area contributed by atoms with Crippen LogP contribution in [0.3, 0.4) is 0 Å². The lowest BCUT2D eigenvalue weighted by Gasteiger charge is -2.01. The van der Waals surface area contributed by atoms with E-state index in [-0.39, 0.29) is 11.5 Å². The van der Waals surface area contributed by atoms with Gasteiger partial charge in [0, 0.05) is 11.8 Å². The number of hydrogen-bond acceptors (Lipinski definition) is 2. The van der Waals surface area contributed by atoms with Crippen LogP contribution in [0, 0.1) is 12.7 Å². The number of pyridine rings is 1. The zero-order chi connectivity index (χ0) is 14.3. The molecular weight excluding hydrogens is 259 g/mol. The highest BCUT2D eigenvalue weighted by Crippen LogP contribution is 2.25. The van der Waals surface area contributed by atoms with Gasteiger partial charge in [-0.1, -0.05) is 6.07 Å². The summed E-state index contributed by atoms with van der Waals surface area (Å²) in [4.78, 5) is 15.8. The van der Waals surface area contributed by atoms with Crippen molar-refractivity contribution in [1.82, 2.24) is 9.38 Å². The fourth-order valence-electron chi connectivity index (χ4n) is 2.16. The first-order valence-corrected chi connectivity index (χ1v) is 6.04. The maximum atomic E-state index is 13.0. The van der Waals surface area contributed by atoms with E-state index in [0.29, 0.717) is 16.9 Å². The van der Waals surface area contributed by atoms with Crippen molar-refractivity contribution in [3.05, 3.63) is 59.7 Å². The van der Waals surface area contributed by atoms with Crippen molar-refractivity contribution >= 4 is 11.6 Å². The average molecular weight is 270 g/mol. The SMILES string of the molecule is Cc1ccc2nc(-c3ccc(F)cc3)c(C(=O)O)n2c1. The van der Waals surface area contributed by atoms with Gasteiger partial charge in [-0.3, -0.25) is 4.40 Å². The summed E-state index contributed by atoms with van der Waals surface area (Å²) in [6.07, 6.45) is 1.72. The quantitative estimate of drug-likeness (QED) is 0.778. The number of aromatic nitrogens is 2. The van der Waals surface area contributed by atoms with E-state index in [2.05, 4.69) is 4.98 Å². The molecule has 0 radical (unpaired) electrons. The van der Waals surface area contributed by atoms with Gasteiger partial charge in [0.15, 0.2) is 5.69 Å². The van der Waals surface area contributed by atoms with Crippen molar-refractivity contribution in [1.29, 1.82) is 0 Å². The summed E-state index contributed by atoms with van der Waals surface area (Å²) in [5.41, 5.74) is 2.47. The fraction of sp³-hybridized carbons (Fsp3) is 0.0667. The number of hydrogen-bond donors (Lipinski definition) is 1. The first-order valence-electron chi connectivity index (χ1n) is 6.04.